The minimum Gasteiger partial charge on any atom is -0.483 e. The van der Waals surface area contributed by atoms with Gasteiger partial charge in [-0.3, -0.25) is 9.59 Å². The van der Waals surface area contributed by atoms with Crippen LogP contribution in [0.1, 0.15) is 36.0 Å². The maximum absolute atomic E-state index is 12.2. The van der Waals surface area contributed by atoms with Crippen LogP contribution in [0, 0.1) is 0 Å². The van der Waals surface area contributed by atoms with Crippen molar-refractivity contribution in [1.82, 2.24) is 5.32 Å². The third-order valence-corrected chi connectivity index (χ3v) is 4.16. The largest absolute Gasteiger partial charge is 0.483 e. The van der Waals surface area contributed by atoms with Crippen LogP contribution in [0.25, 0.3) is 11.0 Å². The lowest BCUT2D eigenvalue weighted by Gasteiger charge is -2.13. The first kappa shape index (κ1) is 18.0. The Hall–Kier alpha value is -2.79. The summed E-state index contributed by atoms with van der Waals surface area (Å²) >= 11 is 5.90. The number of ether oxygens (including phenoxy) is 1. The molecule has 5 nitrogen and oxygen atoms in total. The molecule has 1 heterocycles. The fraction of sp³-hybridized carbons (Fsp3) is 0.200. The van der Waals surface area contributed by atoms with Gasteiger partial charge in [0.05, 0.1) is 11.6 Å². The Bertz CT molecular complexity index is 930. The average Bonchev–Trinajstić information content (AvgIpc) is 3.05. The highest BCUT2D eigenvalue weighted by molar-refractivity contribution is 6.31. The number of carbonyl (C=O) groups excluding carboxylic acids is 2. The molecule has 1 atom stereocenters. The molecule has 134 valence electrons. The summed E-state index contributed by atoms with van der Waals surface area (Å²) in [5, 5.41) is 4.23. The van der Waals surface area contributed by atoms with Gasteiger partial charge in [0.25, 0.3) is 5.91 Å². The first-order valence-corrected chi connectivity index (χ1v) is 8.53. The third-order valence-electron chi connectivity index (χ3n) is 3.93. The molecular weight excluding hydrogens is 354 g/mol. The number of hydrogen-bond donors (Lipinski definition) is 1. The molecule has 1 aromatic heterocycles. The molecular formula is C20H18ClNO4. The van der Waals surface area contributed by atoms with Gasteiger partial charge >= 0.3 is 0 Å². The Kier molecular flexibility index (Phi) is 5.28. The van der Waals surface area contributed by atoms with Gasteiger partial charge in [-0.05, 0) is 44.2 Å². The number of furan rings is 1. The van der Waals surface area contributed by atoms with Gasteiger partial charge < -0.3 is 14.5 Å². The molecule has 0 fully saturated rings. The summed E-state index contributed by atoms with van der Waals surface area (Å²) in [5.41, 5.74) is 1.11. The van der Waals surface area contributed by atoms with Crippen LogP contribution in [0.15, 0.2) is 52.9 Å². The van der Waals surface area contributed by atoms with Gasteiger partial charge in [0.15, 0.2) is 12.4 Å². The maximum atomic E-state index is 12.2. The number of rotatable bonds is 6. The number of para-hydroxylation sites is 1. The Balaban J connectivity index is 1.63. The molecule has 0 unspecified atom stereocenters. The highest BCUT2D eigenvalue weighted by Gasteiger charge is 2.16. The fourth-order valence-electron chi connectivity index (χ4n) is 2.62. The Labute approximate surface area is 155 Å². The molecule has 0 aliphatic carbocycles. The molecule has 0 aliphatic rings. The van der Waals surface area contributed by atoms with Crippen molar-refractivity contribution < 1.29 is 18.7 Å². The Morgan fingerprint density at radius 1 is 1.19 bits per heavy atom. The van der Waals surface area contributed by atoms with Crippen LogP contribution in [-0.2, 0) is 4.79 Å². The van der Waals surface area contributed by atoms with E-state index in [9.17, 15) is 9.59 Å². The summed E-state index contributed by atoms with van der Waals surface area (Å²) in [7, 11) is 0. The summed E-state index contributed by atoms with van der Waals surface area (Å²) in [4.78, 5) is 23.8. The van der Waals surface area contributed by atoms with E-state index in [4.69, 9.17) is 20.8 Å². The van der Waals surface area contributed by atoms with Crippen LogP contribution < -0.4 is 10.1 Å². The highest BCUT2D eigenvalue weighted by atomic mass is 35.5. The standard InChI is InChI=1S/C20H18ClNO4/c1-12(19-9-14-5-3-4-6-17(14)26-19)22-20(24)11-25-18-8-7-15(21)10-16(18)13(2)23/h3-10,12H,11H2,1-2H3,(H,22,24)/t12-/m1/s1. The number of ketones is 1. The molecule has 3 aromatic rings. The van der Waals surface area contributed by atoms with Gasteiger partial charge in [0, 0.05) is 10.4 Å². The van der Waals surface area contributed by atoms with Crippen molar-refractivity contribution in [3.05, 3.63) is 64.9 Å². The molecule has 26 heavy (non-hydrogen) atoms. The van der Waals surface area contributed by atoms with E-state index in [1.807, 2.05) is 37.3 Å². The van der Waals surface area contributed by atoms with Crippen molar-refractivity contribution >= 4 is 34.3 Å². The summed E-state index contributed by atoms with van der Waals surface area (Å²) in [6.07, 6.45) is 0. The number of Topliss-reactive ketones (excluding diaryl/α,β-unsaturated/α-hetero) is 1. The van der Waals surface area contributed by atoms with Crippen molar-refractivity contribution in [2.24, 2.45) is 0 Å². The van der Waals surface area contributed by atoms with E-state index in [2.05, 4.69) is 5.32 Å². The zero-order valence-corrected chi connectivity index (χ0v) is 15.2. The molecule has 0 bridgehead atoms. The normalized spacial score (nSPS) is 12.0. The maximum Gasteiger partial charge on any atom is 0.258 e. The van der Waals surface area contributed by atoms with Crippen molar-refractivity contribution in [3.8, 4) is 5.75 Å². The second-order valence-electron chi connectivity index (χ2n) is 5.96. The molecule has 6 heteroatoms. The second kappa shape index (κ2) is 7.62. The number of benzene rings is 2. The molecule has 0 spiro atoms. The summed E-state index contributed by atoms with van der Waals surface area (Å²) < 4.78 is 11.2. The zero-order chi connectivity index (χ0) is 18.7. The summed E-state index contributed by atoms with van der Waals surface area (Å²) in [5.74, 6) is 0.491. The predicted molar refractivity (Wildman–Crippen MR) is 99.7 cm³/mol. The van der Waals surface area contributed by atoms with Gasteiger partial charge in [0.1, 0.15) is 17.1 Å². The molecule has 1 amide bonds. The number of halogens is 1. The summed E-state index contributed by atoms with van der Waals surface area (Å²) in [6.45, 7) is 3.04. The second-order valence-corrected chi connectivity index (χ2v) is 6.40. The molecule has 0 saturated carbocycles. The topological polar surface area (TPSA) is 68.5 Å². The molecule has 0 saturated heterocycles. The van der Waals surface area contributed by atoms with E-state index in [-0.39, 0.29) is 24.3 Å². The highest BCUT2D eigenvalue weighted by Crippen LogP contribution is 2.25. The van der Waals surface area contributed by atoms with Gasteiger partial charge in [-0.1, -0.05) is 29.8 Å². The van der Waals surface area contributed by atoms with Crippen molar-refractivity contribution in [1.29, 1.82) is 0 Å². The summed E-state index contributed by atoms with van der Waals surface area (Å²) in [6, 6.07) is 13.9. The Morgan fingerprint density at radius 2 is 1.96 bits per heavy atom. The lowest BCUT2D eigenvalue weighted by atomic mass is 10.1. The molecule has 3 rings (SSSR count). The first-order chi connectivity index (χ1) is 12.4. The quantitative estimate of drug-likeness (QED) is 0.645. The predicted octanol–water partition coefficient (Wildman–Crippen LogP) is 4.55. The molecule has 1 N–H and O–H groups in total. The van der Waals surface area contributed by atoms with E-state index in [1.54, 1.807) is 12.1 Å². The monoisotopic (exact) mass is 371 g/mol. The SMILES string of the molecule is CC(=O)c1cc(Cl)ccc1OCC(=O)N[C@H](C)c1cc2ccccc2o1. The van der Waals surface area contributed by atoms with Crippen LogP contribution in [0.5, 0.6) is 5.75 Å². The van der Waals surface area contributed by atoms with E-state index < -0.39 is 0 Å². The number of nitrogens with one attached hydrogen (secondary N) is 1. The zero-order valence-electron chi connectivity index (χ0n) is 14.4. The minimum atomic E-state index is -0.317. The number of carbonyl (C=O) groups is 2. The average molecular weight is 372 g/mol. The van der Waals surface area contributed by atoms with E-state index in [0.29, 0.717) is 22.1 Å². The van der Waals surface area contributed by atoms with Crippen LogP contribution in [0.4, 0.5) is 0 Å². The Morgan fingerprint density at radius 3 is 2.69 bits per heavy atom. The van der Waals surface area contributed by atoms with Gasteiger partial charge in [-0.25, -0.2) is 0 Å². The van der Waals surface area contributed by atoms with Crippen LogP contribution in [0.2, 0.25) is 5.02 Å². The first-order valence-electron chi connectivity index (χ1n) is 8.15. The van der Waals surface area contributed by atoms with Crippen molar-refractivity contribution in [2.45, 2.75) is 19.9 Å². The van der Waals surface area contributed by atoms with Gasteiger partial charge in [0.2, 0.25) is 0 Å². The molecule has 2 aromatic carbocycles. The van der Waals surface area contributed by atoms with Crippen molar-refractivity contribution in [2.75, 3.05) is 6.61 Å². The van der Waals surface area contributed by atoms with Crippen LogP contribution in [-0.4, -0.2) is 18.3 Å². The van der Waals surface area contributed by atoms with Crippen molar-refractivity contribution in [3.63, 3.8) is 0 Å². The van der Waals surface area contributed by atoms with E-state index in [1.165, 1.54) is 13.0 Å². The number of fused-ring (bicyclic) bond motifs is 1. The molecule has 0 radical (unpaired) electrons. The fourth-order valence-corrected chi connectivity index (χ4v) is 2.79. The van der Waals surface area contributed by atoms with Crippen LogP contribution in [0.3, 0.4) is 0 Å². The van der Waals surface area contributed by atoms with Gasteiger partial charge in [-0.2, -0.15) is 0 Å². The molecule has 0 aliphatic heterocycles. The van der Waals surface area contributed by atoms with E-state index in [0.717, 1.165) is 11.0 Å². The van der Waals surface area contributed by atoms with Gasteiger partial charge in [-0.15, -0.1) is 0 Å². The lowest BCUT2D eigenvalue weighted by Crippen LogP contribution is -2.31. The lowest BCUT2D eigenvalue weighted by molar-refractivity contribution is -0.123. The smallest absolute Gasteiger partial charge is 0.258 e. The van der Waals surface area contributed by atoms with E-state index >= 15 is 0 Å². The van der Waals surface area contributed by atoms with Crippen LogP contribution >= 0.6 is 11.6 Å². The third kappa shape index (κ3) is 4.06. The number of hydrogen-bond acceptors (Lipinski definition) is 4. The minimum absolute atomic E-state index is 0.182. The number of amides is 1.